The Bertz CT molecular complexity index is 771. The number of hydrogen-bond donors (Lipinski definition) is 2. The van der Waals surface area contributed by atoms with E-state index in [0.717, 1.165) is 22.0 Å². The van der Waals surface area contributed by atoms with Crippen molar-refractivity contribution in [2.24, 2.45) is 0 Å². The average molecular weight is 281 g/mol. The summed E-state index contributed by atoms with van der Waals surface area (Å²) in [6.07, 6.45) is 0. The lowest BCUT2D eigenvalue weighted by atomic mass is 10.1. The van der Waals surface area contributed by atoms with Gasteiger partial charge in [-0.15, -0.1) is 0 Å². The van der Waals surface area contributed by atoms with Gasteiger partial charge in [-0.05, 0) is 29.3 Å². The van der Waals surface area contributed by atoms with E-state index in [4.69, 9.17) is 9.84 Å². The van der Waals surface area contributed by atoms with E-state index < -0.39 is 0 Å². The lowest BCUT2D eigenvalue weighted by Gasteiger charge is -2.09. The number of ether oxygens (including phenoxy) is 1. The summed E-state index contributed by atoms with van der Waals surface area (Å²) < 4.78 is 5.74. The van der Waals surface area contributed by atoms with Gasteiger partial charge in [0.05, 0.1) is 18.7 Å². The molecule has 2 aromatic carbocycles. The Labute approximate surface area is 122 Å². The van der Waals surface area contributed by atoms with Gasteiger partial charge in [0, 0.05) is 11.5 Å². The van der Waals surface area contributed by atoms with Gasteiger partial charge in [-0.1, -0.05) is 30.3 Å². The summed E-state index contributed by atoms with van der Waals surface area (Å²) in [5, 5.41) is 19.6. The third-order valence-electron chi connectivity index (χ3n) is 3.25. The fourth-order valence-electron chi connectivity index (χ4n) is 2.23. The van der Waals surface area contributed by atoms with E-state index >= 15 is 0 Å². The van der Waals surface area contributed by atoms with Crippen LogP contribution in [0.15, 0.2) is 54.6 Å². The standard InChI is InChI=1S/C17H15NO3/c19-10-12-4-3-5-14(8-12)21-17-9-13(11-20)15-6-1-2-7-16(15)18-17/h1-9,19-20H,10-11H2. The monoisotopic (exact) mass is 281 g/mol. The number of hydrogen-bond acceptors (Lipinski definition) is 4. The van der Waals surface area contributed by atoms with Crippen LogP contribution in [0.2, 0.25) is 0 Å². The number of pyridine rings is 1. The molecule has 1 aromatic heterocycles. The van der Waals surface area contributed by atoms with E-state index in [-0.39, 0.29) is 13.2 Å². The van der Waals surface area contributed by atoms with E-state index in [2.05, 4.69) is 4.98 Å². The minimum atomic E-state index is -0.0733. The van der Waals surface area contributed by atoms with Gasteiger partial charge in [-0.2, -0.15) is 0 Å². The zero-order valence-corrected chi connectivity index (χ0v) is 11.4. The first-order chi connectivity index (χ1) is 10.3. The van der Waals surface area contributed by atoms with Crippen LogP contribution in [0.3, 0.4) is 0 Å². The van der Waals surface area contributed by atoms with Crippen molar-refractivity contribution in [3.8, 4) is 11.6 Å². The molecule has 0 bridgehead atoms. The van der Waals surface area contributed by atoms with Crippen molar-refractivity contribution < 1.29 is 14.9 Å². The second-order valence-corrected chi connectivity index (χ2v) is 4.70. The molecule has 0 atom stereocenters. The Balaban J connectivity index is 2.00. The lowest BCUT2D eigenvalue weighted by Crippen LogP contribution is -1.94. The predicted molar refractivity (Wildman–Crippen MR) is 80.1 cm³/mol. The highest BCUT2D eigenvalue weighted by Crippen LogP contribution is 2.26. The predicted octanol–water partition coefficient (Wildman–Crippen LogP) is 3.01. The second-order valence-electron chi connectivity index (χ2n) is 4.70. The van der Waals surface area contributed by atoms with E-state index in [0.29, 0.717) is 11.6 Å². The average Bonchev–Trinajstić information content (AvgIpc) is 2.54. The second kappa shape index (κ2) is 5.91. The van der Waals surface area contributed by atoms with Crippen molar-refractivity contribution in [1.29, 1.82) is 0 Å². The molecule has 1 heterocycles. The molecule has 21 heavy (non-hydrogen) atoms. The molecule has 2 N–H and O–H groups in total. The lowest BCUT2D eigenvalue weighted by molar-refractivity contribution is 0.281. The van der Waals surface area contributed by atoms with Crippen LogP contribution in [0.4, 0.5) is 0 Å². The van der Waals surface area contributed by atoms with Gasteiger partial charge in [0.15, 0.2) is 0 Å². The van der Waals surface area contributed by atoms with Gasteiger partial charge >= 0.3 is 0 Å². The highest BCUT2D eigenvalue weighted by Gasteiger charge is 2.07. The number of nitrogens with zero attached hydrogens (tertiary/aromatic N) is 1. The molecule has 0 aliphatic rings. The summed E-state index contributed by atoms with van der Waals surface area (Å²) in [5.74, 6) is 1.03. The molecule has 0 radical (unpaired) electrons. The molecule has 0 amide bonds. The highest BCUT2D eigenvalue weighted by atomic mass is 16.5. The van der Waals surface area contributed by atoms with E-state index in [1.807, 2.05) is 36.4 Å². The van der Waals surface area contributed by atoms with Crippen molar-refractivity contribution in [3.05, 3.63) is 65.7 Å². The van der Waals surface area contributed by atoms with Gasteiger partial charge < -0.3 is 14.9 Å². The Hall–Kier alpha value is -2.43. The van der Waals surface area contributed by atoms with Crippen molar-refractivity contribution in [2.75, 3.05) is 0 Å². The van der Waals surface area contributed by atoms with Gasteiger partial charge in [0.2, 0.25) is 5.88 Å². The summed E-state index contributed by atoms with van der Waals surface area (Å²) in [4.78, 5) is 4.44. The van der Waals surface area contributed by atoms with Crippen LogP contribution in [-0.2, 0) is 13.2 Å². The summed E-state index contributed by atoms with van der Waals surface area (Å²) >= 11 is 0. The number of aliphatic hydroxyl groups excluding tert-OH is 2. The summed E-state index contributed by atoms with van der Waals surface area (Å²) in [6, 6.07) is 16.5. The largest absolute Gasteiger partial charge is 0.439 e. The minimum absolute atomic E-state index is 0.0375. The fourth-order valence-corrected chi connectivity index (χ4v) is 2.23. The molecule has 3 aromatic rings. The van der Waals surface area contributed by atoms with Gasteiger partial charge in [-0.25, -0.2) is 4.98 Å². The molecule has 0 aliphatic carbocycles. The molecule has 106 valence electrons. The maximum Gasteiger partial charge on any atom is 0.220 e. The van der Waals surface area contributed by atoms with E-state index in [9.17, 15) is 5.11 Å². The van der Waals surface area contributed by atoms with Crippen LogP contribution >= 0.6 is 0 Å². The SMILES string of the molecule is OCc1cccc(Oc2cc(CO)c3ccccc3n2)c1. The molecule has 0 spiro atoms. The molecule has 3 rings (SSSR count). The first-order valence-electron chi connectivity index (χ1n) is 6.67. The Morgan fingerprint density at radius 3 is 2.57 bits per heavy atom. The number of para-hydroxylation sites is 1. The minimum Gasteiger partial charge on any atom is -0.439 e. The summed E-state index contributed by atoms with van der Waals surface area (Å²) in [7, 11) is 0. The summed E-state index contributed by atoms with van der Waals surface area (Å²) in [5.41, 5.74) is 2.32. The van der Waals surface area contributed by atoms with Crippen molar-refractivity contribution in [2.45, 2.75) is 13.2 Å². The van der Waals surface area contributed by atoms with Crippen LogP contribution in [-0.4, -0.2) is 15.2 Å². The van der Waals surface area contributed by atoms with Crippen molar-refractivity contribution >= 4 is 10.9 Å². The van der Waals surface area contributed by atoms with Gasteiger partial charge in [0.25, 0.3) is 0 Å². The van der Waals surface area contributed by atoms with Crippen molar-refractivity contribution in [1.82, 2.24) is 4.98 Å². The molecule has 0 aliphatic heterocycles. The molecule has 4 nitrogen and oxygen atoms in total. The van der Waals surface area contributed by atoms with Gasteiger partial charge in [0.1, 0.15) is 5.75 Å². The highest BCUT2D eigenvalue weighted by molar-refractivity contribution is 5.82. The molecule has 0 fully saturated rings. The number of aromatic nitrogens is 1. The van der Waals surface area contributed by atoms with Gasteiger partial charge in [-0.3, -0.25) is 0 Å². The van der Waals surface area contributed by atoms with Crippen molar-refractivity contribution in [3.63, 3.8) is 0 Å². The molecule has 4 heteroatoms. The number of aliphatic hydroxyl groups is 2. The van der Waals surface area contributed by atoms with Crippen LogP contribution in [0.1, 0.15) is 11.1 Å². The first kappa shape index (κ1) is 13.5. The molecule has 0 saturated carbocycles. The third kappa shape index (κ3) is 2.86. The Morgan fingerprint density at radius 2 is 1.76 bits per heavy atom. The molecule has 0 saturated heterocycles. The quantitative estimate of drug-likeness (QED) is 0.771. The number of benzene rings is 2. The van der Waals surface area contributed by atoms with Crippen LogP contribution in [0.5, 0.6) is 11.6 Å². The first-order valence-corrected chi connectivity index (χ1v) is 6.67. The maximum absolute atomic E-state index is 9.49. The maximum atomic E-state index is 9.49. The fraction of sp³-hybridized carbons (Fsp3) is 0.118. The van der Waals surface area contributed by atoms with Crippen LogP contribution < -0.4 is 4.74 Å². The Kier molecular flexibility index (Phi) is 3.81. The number of rotatable bonds is 4. The third-order valence-corrected chi connectivity index (χ3v) is 3.25. The number of fused-ring (bicyclic) bond motifs is 1. The van der Waals surface area contributed by atoms with E-state index in [1.54, 1.807) is 18.2 Å². The topological polar surface area (TPSA) is 62.6 Å². The normalized spacial score (nSPS) is 10.8. The smallest absolute Gasteiger partial charge is 0.220 e. The summed E-state index contributed by atoms with van der Waals surface area (Å²) in [6.45, 7) is -0.111. The van der Waals surface area contributed by atoms with Crippen LogP contribution in [0, 0.1) is 0 Å². The molecular weight excluding hydrogens is 266 g/mol. The molecular formula is C17H15NO3. The Morgan fingerprint density at radius 1 is 0.905 bits per heavy atom. The molecule has 0 unspecified atom stereocenters. The zero-order chi connectivity index (χ0) is 14.7. The van der Waals surface area contributed by atoms with Crippen LogP contribution in [0.25, 0.3) is 10.9 Å². The zero-order valence-electron chi connectivity index (χ0n) is 11.4. The van der Waals surface area contributed by atoms with E-state index in [1.165, 1.54) is 0 Å².